The van der Waals surface area contributed by atoms with Crippen molar-refractivity contribution in [3.63, 3.8) is 0 Å². The number of hydrogen-bond acceptors (Lipinski definition) is 5. The van der Waals surface area contributed by atoms with E-state index >= 15 is 0 Å². The van der Waals surface area contributed by atoms with E-state index in [9.17, 15) is 4.79 Å². The highest BCUT2D eigenvalue weighted by Gasteiger charge is 2.22. The van der Waals surface area contributed by atoms with Gasteiger partial charge in [-0.15, -0.1) is 0 Å². The molecule has 0 aliphatic rings. The van der Waals surface area contributed by atoms with Crippen LogP contribution in [-0.2, 0) is 4.74 Å². The standard InChI is InChI=1S/C13H17BrN4O2/c1-4-17(5-2)12-9(13(19)20-6-3)7-15-11-10(14)8-16-18(11)12/h7-8H,4-6H2,1-3H3. The molecule has 7 heteroatoms. The maximum Gasteiger partial charge on any atom is 0.343 e. The van der Waals surface area contributed by atoms with Gasteiger partial charge < -0.3 is 9.64 Å². The molecule has 0 radical (unpaired) electrons. The van der Waals surface area contributed by atoms with Crippen LogP contribution in [0.4, 0.5) is 5.82 Å². The number of nitrogens with zero attached hydrogens (tertiary/aromatic N) is 4. The first-order chi connectivity index (χ1) is 9.63. The quantitative estimate of drug-likeness (QED) is 0.782. The van der Waals surface area contributed by atoms with Gasteiger partial charge in [0.2, 0.25) is 0 Å². The Hall–Kier alpha value is -1.63. The number of carbonyl (C=O) groups is 1. The Morgan fingerprint density at radius 3 is 2.65 bits per heavy atom. The summed E-state index contributed by atoms with van der Waals surface area (Å²) in [5, 5.41) is 4.30. The molecule has 2 aromatic rings. The molecule has 2 aromatic heterocycles. The predicted octanol–water partition coefficient (Wildman–Crippen LogP) is 2.51. The molecule has 2 rings (SSSR count). The number of carbonyl (C=O) groups excluding carboxylic acids is 1. The van der Waals surface area contributed by atoms with Gasteiger partial charge in [0.25, 0.3) is 0 Å². The SMILES string of the molecule is CCOC(=O)c1cnc2c(Br)cnn2c1N(CC)CC. The van der Waals surface area contributed by atoms with E-state index in [1.807, 2.05) is 13.8 Å². The van der Waals surface area contributed by atoms with Gasteiger partial charge in [0, 0.05) is 19.3 Å². The average molecular weight is 341 g/mol. The van der Waals surface area contributed by atoms with E-state index in [2.05, 4.69) is 30.9 Å². The highest BCUT2D eigenvalue weighted by molar-refractivity contribution is 9.10. The Morgan fingerprint density at radius 1 is 1.35 bits per heavy atom. The van der Waals surface area contributed by atoms with Crippen LogP contribution in [0.5, 0.6) is 0 Å². The van der Waals surface area contributed by atoms with Gasteiger partial charge in [-0.05, 0) is 36.7 Å². The average Bonchev–Trinajstić information content (AvgIpc) is 2.82. The molecule has 0 aliphatic heterocycles. The molecule has 0 unspecified atom stereocenters. The Morgan fingerprint density at radius 2 is 2.05 bits per heavy atom. The van der Waals surface area contributed by atoms with Crippen LogP contribution in [0.3, 0.4) is 0 Å². The second-order valence-electron chi connectivity index (χ2n) is 4.12. The van der Waals surface area contributed by atoms with Crippen molar-refractivity contribution in [2.75, 3.05) is 24.6 Å². The second kappa shape index (κ2) is 6.21. The topological polar surface area (TPSA) is 59.7 Å². The van der Waals surface area contributed by atoms with Gasteiger partial charge in [0.1, 0.15) is 11.4 Å². The van der Waals surface area contributed by atoms with Crippen molar-refractivity contribution < 1.29 is 9.53 Å². The summed E-state index contributed by atoms with van der Waals surface area (Å²) in [6, 6.07) is 0. The molecule has 0 saturated carbocycles. The van der Waals surface area contributed by atoms with Crippen molar-refractivity contribution in [1.82, 2.24) is 14.6 Å². The minimum Gasteiger partial charge on any atom is -0.462 e. The zero-order valence-electron chi connectivity index (χ0n) is 11.8. The largest absolute Gasteiger partial charge is 0.462 e. The van der Waals surface area contributed by atoms with E-state index in [4.69, 9.17) is 4.74 Å². The van der Waals surface area contributed by atoms with Crippen LogP contribution in [0.1, 0.15) is 31.1 Å². The summed E-state index contributed by atoms with van der Waals surface area (Å²) in [4.78, 5) is 18.4. The molecule has 0 bridgehead atoms. The first kappa shape index (κ1) is 14.8. The lowest BCUT2D eigenvalue weighted by Crippen LogP contribution is -2.27. The van der Waals surface area contributed by atoms with Gasteiger partial charge in [-0.3, -0.25) is 0 Å². The zero-order chi connectivity index (χ0) is 14.7. The molecule has 0 fully saturated rings. The number of esters is 1. The predicted molar refractivity (Wildman–Crippen MR) is 80.2 cm³/mol. The Bertz CT molecular complexity index is 622. The summed E-state index contributed by atoms with van der Waals surface area (Å²) < 4.78 is 7.57. The highest BCUT2D eigenvalue weighted by Crippen LogP contribution is 2.25. The fraction of sp³-hybridized carbons (Fsp3) is 0.462. The summed E-state index contributed by atoms with van der Waals surface area (Å²) in [6.45, 7) is 7.70. The van der Waals surface area contributed by atoms with Crippen molar-refractivity contribution in [3.8, 4) is 0 Å². The van der Waals surface area contributed by atoms with Crippen LogP contribution in [0.2, 0.25) is 0 Å². The summed E-state index contributed by atoms with van der Waals surface area (Å²) in [6.07, 6.45) is 3.22. The van der Waals surface area contributed by atoms with Gasteiger partial charge in [-0.1, -0.05) is 0 Å². The molecule has 0 aromatic carbocycles. The molecule has 0 spiro atoms. The van der Waals surface area contributed by atoms with E-state index in [1.165, 1.54) is 0 Å². The van der Waals surface area contributed by atoms with Crippen LogP contribution in [0.25, 0.3) is 5.65 Å². The first-order valence-electron chi connectivity index (χ1n) is 6.58. The third kappa shape index (κ3) is 2.49. The lowest BCUT2D eigenvalue weighted by molar-refractivity contribution is 0.0526. The van der Waals surface area contributed by atoms with Gasteiger partial charge in [0.15, 0.2) is 5.65 Å². The van der Waals surface area contributed by atoms with Crippen molar-refractivity contribution in [3.05, 3.63) is 22.4 Å². The maximum atomic E-state index is 12.1. The minimum atomic E-state index is -0.379. The van der Waals surface area contributed by atoms with Crippen molar-refractivity contribution in [1.29, 1.82) is 0 Å². The second-order valence-corrected chi connectivity index (χ2v) is 4.97. The Kier molecular flexibility index (Phi) is 4.59. The van der Waals surface area contributed by atoms with Crippen LogP contribution in [0, 0.1) is 0 Å². The summed E-state index contributed by atoms with van der Waals surface area (Å²) in [7, 11) is 0. The van der Waals surface area contributed by atoms with Crippen LogP contribution in [-0.4, -0.2) is 40.3 Å². The summed E-state index contributed by atoms with van der Waals surface area (Å²) in [5.74, 6) is 0.333. The number of fused-ring (bicyclic) bond motifs is 1. The Balaban J connectivity index is 2.67. The van der Waals surface area contributed by atoms with Crippen molar-refractivity contribution >= 4 is 33.4 Å². The van der Waals surface area contributed by atoms with E-state index in [0.717, 1.165) is 17.6 Å². The van der Waals surface area contributed by atoms with Crippen LogP contribution in [0.15, 0.2) is 16.9 Å². The lowest BCUT2D eigenvalue weighted by atomic mass is 10.2. The Labute approximate surface area is 125 Å². The van der Waals surface area contributed by atoms with E-state index < -0.39 is 0 Å². The molecule has 0 saturated heterocycles. The summed E-state index contributed by atoms with van der Waals surface area (Å²) in [5.41, 5.74) is 1.11. The monoisotopic (exact) mass is 340 g/mol. The summed E-state index contributed by atoms with van der Waals surface area (Å²) >= 11 is 3.41. The maximum absolute atomic E-state index is 12.1. The normalized spacial score (nSPS) is 10.8. The lowest BCUT2D eigenvalue weighted by Gasteiger charge is -2.23. The number of halogens is 1. The molecular weight excluding hydrogens is 324 g/mol. The van der Waals surface area contributed by atoms with Crippen molar-refractivity contribution in [2.24, 2.45) is 0 Å². The molecule has 20 heavy (non-hydrogen) atoms. The number of ether oxygens (including phenoxy) is 1. The first-order valence-corrected chi connectivity index (χ1v) is 7.37. The zero-order valence-corrected chi connectivity index (χ0v) is 13.3. The third-order valence-corrected chi connectivity index (χ3v) is 3.58. The highest BCUT2D eigenvalue weighted by atomic mass is 79.9. The number of hydrogen-bond donors (Lipinski definition) is 0. The molecule has 0 aliphatic carbocycles. The number of rotatable bonds is 5. The van der Waals surface area contributed by atoms with Crippen molar-refractivity contribution in [2.45, 2.75) is 20.8 Å². The smallest absolute Gasteiger partial charge is 0.343 e. The fourth-order valence-corrected chi connectivity index (χ4v) is 2.43. The molecule has 0 N–H and O–H groups in total. The van der Waals surface area contributed by atoms with Gasteiger partial charge in [-0.25, -0.2) is 9.78 Å². The molecule has 108 valence electrons. The molecule has 6 nitrogen and oxygen atoms in total. The van der Waals surface area contributed by atoms with Crippen LogP contribution >= 0.6 is 15.9 Å². The third-order valence-electron chi connectivity index (χ3n) is 3.02. The van der Waals surface area contributed by atoms with E-state index in [0.29, 0.717) is 23.6 Å². The van der Waals surface area contributed by atoms with Gasteiger partial charge in [0.05, 0.1) is 17.3 Å². The number of aromatic nitrogens is 3. The number of anilines is 1. The molecule has 2 heterocycles. The van der Waals surface area contributed by atoms with E-state index in [-0.39, 0.29) is 5.97 Å². The molecular formula is C13H17BrN4O2. The molecule has 0 atom stereocenters. The van der Waals surface area contributed by atoms with Gasteiger partial charge >= 0.3 is 5.97 Å². The minimum absolute atomic E-state index is 0.331. The van der Waals surface area contributed by atoms with E-state index in [1.54, 1.807) is 23.8 Å². The molecule has 0 amide bonds. The van der Waals surface area contributed by atoms with Gasteiger partial charge in [-0.2, -0.15) is 9.61 Å². The van der Waals surface area contributed by atoms with Crippen LogP contribution < -0.4 is 4.90 Å². The fourth-order valence-electron chi connectivity index (χ4n) is 2.07.